The summed E-state index contributed by atoms with van der Waals surface area (Å²) < 4.78 is 11.5. The number of hydrogen-bond acceptors (Lipinski definition) is 3. The molecule has 0 unspecified atom stereocenters. The topological polar surface area (TPSA) is 35.5 Å². The molecule has 0 saturated heterocycles. The van der Waals surface area contributed by atoms with E-state index in [1.54, 1.807) is 18.2 Å². The molecule has 0 N–H and O–H groups in total. The van der Waals surface area contributed by atoms with Crippen molar-refractivity contribution in [1.82, 2.24) is 0 Å². The summed E-state index contributed by atoms with van der Waals surface area (Å²) >= 11 is 6.01. The van der Waals surface area contributed by atoms with Gasteiger partial charge in [0.25, 0.3) is 0 Å². The molecule has 2 aromatic carbocycles. The summed E-state index contributed by atoms with van der Waals surface area (Å²) in [5.41, 5.74) is 0.453. The molecular formula is C23H29ClO3. The Kier molecular flexibility index (Phi) is 9.78. The zero-order chi connectivity index (χ0) is 19.3. The van der Waals surface area contributed by atoms with Crippen molar-refractivity contribution >= 4 is 17.9 Å². The summed E-state index contributed by atoms with van der Waals surface area (Å²) in [4.78, 5) is 10.8. The van der Waals surface area contributed by atoms with Crippen molar-refractivity contribution in [3.63, 3.8) is 0 Å². The number of rotatable bonds is 13. The molecule has 0 heterocycles. The van der Waals surface area contributed by atoms with Crippen LogP contribution >= 0.6 is 11.6 Å². The summed E-state index contributed by atoms with van der Waals surface area (Å²) in [7, 11) is 0. The van der Waals surface area contributed by atoms with Gasteiger partial charge in [-0.25, -0.2) is 0 Å². The second-order valence-corrected chi connectivity index (χ2v) is 7.11. The third-order valence-electron chi connectivity index (χ3n) is 4.42. The van der Waals surface area contributed by atoms with Crippen LogP contribution in [-0.2, 0) is 0 Å². The SMILES string of the molecule is CCCCCCCCCCOc1ccc(Oc2ccc(C=O)c(Cl)c2)cc1. The zero-order valence-corrected chi connectivity index (χ0v) is 16.8. The Morgan fingerprint density at radius 3 is 2.04 bits per heavy atom. The molecule has 146 valence electrons. The number of aldehydes is 1. The van der Waals surface area contributed by atoms with Crippen molar-refractivity contribution < 1.29 is 14.3 Å². The van der Waals surface area contributed by atoms with Gasteiger partial charge in [-0.3, -0.25) is 4.79 Å². The Labute approximate surface area is 167 Å². The zero-order valence-electron chi connectivity index (χ0n) is 16.1. The van der Waals surface area contributed by atoms with E-state index in [4.69, 9.17) is 21.1 Å². The van der Waals surface area contributed by atoms with Crippen molar-refractivity contribution in [3.05, 3.63) is 53.1 Å². The number of unbranched alkanes of at least 4 members (excludes halogenated alkanes) is 7. The highest BCUT2D eigenvalue weighted by atomic mass is 35.5. The summed E-state index contributed by atoms with van der Waals surface area (Å²) in [5, 5.41) is 0.382. The molecule has 4 heteroatoms. The summed E-state index contributed by atoms with van der Waals surface area (Å²) in [5.74, 6) is 2.14. The van der Waals surface area contributed by atoms with Gasteiger partial charge >= 0.3 is 0 Å². The minimum atomic E-state index is 0.382. The first-order valence-corrected chi connectivity index (χ1v) is 10.3. The molecule has 0 aliphatic rings. The Balaban J connectivity index is 1.66. The Bertz CT molecular complexity index is 683. The molecule has 0 bridgehead atoms. The van der Waals surface area contributed by atoms with Crippen LogP contribution in [0, 0.1) is 0 Å². The van der Waals surface area contributed by atoms with Crippen LogP contribution in [0.1, 0.15) is 68.6 Å². The van der Waals surface area contributed by atoms with Crippen molar-refractivity contribution in [2.24, 2.45) is 0 Å². The van der Waals surface area contributed by atoms with Gasteiger partial charge in [0.1, 0.15) is 17.2 Å². The van der Waals surface area contributed by atoms with Crippen LogP contribution in [0.2, 0.25) is 5.02 Å². The van der Waals surface area contributed by atoms with Crippen LogP contribution in [0.4, 0.5) is 0 Å². The van der Waals surface area contributed by atoms with Gasteiger partial charge in [0.15, 0.2) is 6.29 Å². The van der Waals surface area contributed by atoms with Crippen LogP contribution in [-0.4, -0.2) is 12.9 Å². The minimum absolute atomic E-state index is 0.382. The van der Waals surface area contributed by atoms with Gasteiger partial charge < -0.3 is 9.47 Å². The second kappa shape index (κ2) is 12.4. The Morgan fingerprint density at radius 2 is 1.41 bits per heavy atom. The molecule has 2 rings (SSSR count). The largest absolute Gasteiger partial charge is 0.494 e. The lowest BCUT2D eigenvalue weighted by atomic mass is 10.1. The van der Waals surface area contributed by atoms with Gasteiger partial charge in [0.2, 0.25) is 0 Å². The minimum Gasteiger partial charge on any atom is -0.494 e. The molecule has 0 aliphatic carbocycles. The van der Waals surface area contributed by atoms with Crippen molar-refractivity contribution in [1.29, 1.82) is 0 Å². The van der Waals surface area contributed by atoms with Gasteiger partial charge in [-0.15, -0.1) is 0 Å². The van der Waals surface area contributed by atoms with Crippen LogP contribution in [0.5, 0.6) is 17.2 Å². The standard InChI is InChI=1S/C23H29ClO3/c1-2-3-4-5-6-7-8-9-16-26-20-12-14-21(15-13-20)27-22-11-10-19(18-25)23(24)17-22/h10-15,17-18H,2-9,16H2,1H3. The fourth-order valence-electron chi connectivity index (χ4n) is 2.83. The second-order valence-electron chi connectivity index (χ2n) is 6.70. The molecule has 0 aromatic heterocycles. The van der Waals surface area contributed by atoms with Gasteiger partial charge in [-0.05, 0) is 42.8 Å². The normalized spacial score (nSPS) is 10.6. The lowest BCUT2D eigenvalue weighted by Crippen LogP contribution is -1.97. The van der Waals surface area contributed by atoms with Gasteiger partial charge in [-0.1, -0.05) is 63.5 Å². The molecule has 0 fully saturated rings. The van der Waals surface area contributed by atoms with E-state index < -0.39 is 0 Å². The van der Waals surface area contributed by atoms with Crippen molar-refractivity contribution in [3.8, 4) is 17.2 Å². The summed E-state index contributed by atoms with van der Waals surface area (Å²) in [6.45, 7) is 3.00. The predicted molar refractivity (Wildman–Crippen MR) is 111 cm³/mol. The maximum atomic E-state index is 10.8. The highest BCUT2D eigenvalue weighted by Gasteiger charge is 2.03. The maximum absolute atomic E-state index is 10.8. The summed E-state index contributed by atoms with van der Waals surface area (Å²) in [6, 6.07) is 12.5. The van der Waals surface area contributed by atoms with Gasteiger partial charge in [0, 0.05) is 11.6 Å². The van der Waals surface area contributed by atoms with E-state index in [0.29, 0.717) is 22.1 Å². The molecule has 2 aromatic rings. The fourth-order valence-corrected chi connectivity index (χ4v) is 3.05. The molecule has 0 amide bonds. The molecule has 0 radical (unpaired) electrons. The fraction of sp³-hybridized carbons (Fsp3) is 0.435. The highest BCUT2D eigenvalue weighted by Crippen LogP contribution is 2.27. The van der Waals surface area contributed by atoms with E-state index >= 15 is 0 Å². The number of hydrogen-bond donors (Lipinski definition) is 0. The highest BCUT2D eigenvalue weighted by molar-refractivity contribution is 6.33. The third kappa shape index (κ3) is 8.04. The first-order valence-electron chi connectivity index (χ1n) is 9.88. The van der Waals surface area contributed by atoms with E-state index in [2.05, 4.69) is 6.92 Å². The number of benzene rings is 2. The van der Waals surface area contributed by atoms with Crippen molar-refractivity contribution in [2.75, 3.05) is 6.61 Å². The van der Waals surface area contributed by atoms with Crippen molar-refractivity contribution in [2.45, 2.75) is 58.3 Å². The molecule has 0 saturated carbocycles. The number of ether oxygens (including phenoxy) is 2. The third-order valence-corrected chi connectivity index (χ3v) is 4.75. The van der Waals surface area contributed by atoms with Gasteiger partial charge in [-0.2, -0.15) is 0 Å². The van der Waals surface area contributed by atoms with Gasteiger partial charge in [0.05, 0.1) is 11.6 Å². The summed E-state index contributed by atoms with van der Waals surface area (Å²) in [6.07, 6.45) is 11.1. The van der Waals surface area contributed by atoms with E-state index in [9.17, 15) is 4.79 Å². The molecule has 0 atom stereocenters. The smallest absolute Gasteiger partial charge is 0.151 e. The van der Waals surface area contributed by atoms with E-state index in [1.165, 1.54) is 44.9 Å². The van der Waals surface area contributed by atoms with Crippen LogP contribution < -0.4 is 9.47 Å². The average molecular weight is 389 g/mol. The molecular weight excluding hydrogens is 360 g/mol. The van der Waals surface area contributed by atoms with E-state index in [0.717, 1.165) is 25.1 Å². The number of carbonyl (C=O) groups excluding carboxylic acids is 1. The number of carbonyl (C=O) groups is 1. The first kappa shape index (κ1) is 21.3. The lowest BCUT2D eigenvalue weighted by Gasteiger charge is -2.09. The molecule has 3 nitrogen and oxygen atoms in total. The van der Waals surface area contributed by atoms with E-state index in [-0.39, 0.29) is 0 Å². The van der Waals surface area contributed by atoms with Crippen LogP contribution in [0.15, 0.2) is 42.5 Å². The predicted octanol–water partition coefficient (Wildman–Crippen LogP) is 7.46. The van der Waals surface area contributed by atoms with Crippen LogP contribution in [0.25, 0.3) is 0 Å². The molecule has 0 spiro atoms. The lowest BCUT2D eigenvalue weighted by molar-refractivity contribution is 0.112. The first-order chi connectivity index (χ1) is 13.2. The Morgan fingerprint density at radius 1 is 0.815 bits per heavy atom. The Hall–Kier alpha value is -2.00. The van der Waals surface area contributed by atoms with E-state index in [1.807, 2.05) is 24.3 Å². The van der Waals surface area contributed by atoms with Crippen LogP contribution in [0.3, 0.4) is 0 Å². The average Bonchev–Trinajstić information content (AvgIpc) is 2.68. The molecule has 0 aliphatic heterocycles. The quantitative estimate of drug-likeness (QED) is 0.264. The maximum Gasteiger partial charge on any atom is 0.151 e. The molecule has 27 heavy (non-hydrogen) atoms. The monoisotopic (exact) mass is 388 g/mol. The number of halogens is 1.